The number of rotatable bonds is 5. The first kappa shape index (κ1) is 16.6. The lowest BCUT2D eigenvalue weighted by molar-refractivity contribution is 0.221. The predicted molar refractivity (Wildman–Crippen MR) is 103 cm³/mol. The molecule has 2 fully saturated rings. The maximum atomic E-state index is 5.59. The van der Waals surface area contributed by atoms with Crippen molar-refractivity contribution in [2.24, 2.45) is 0 Å². The third kappa shape index (κ3) is 3.65. The lowest BCUT2D eigenvalue weighted by Crippen LogP contribution is -2.29. The van der Waals surface area contributed by atoms with Gasteiger partial charge in [0.25, 0.3) is 0 Å². The minimum absolute atomic E-state index is 0.326. The minimum atomic E-state index is 0.326. The zero-order chi connectivity index (χ0) is 18.1. The molecule has 1 aromatic carbocycles. The summed E-state index contributed by atoms with van der Waals surface area (Å²) in [5.41, 5.74) is 3.62. The summed E-state index contributed by atoms with van der Waals surface area (Å²) in [7, 11) is 0. The van der Waals surface area contributed by atoms with Gasteiger partial charge < -0.3 is 4.52 Å². The van der Waals surface area contributed by atoms with E-state index >= 15 is 0 Å². The Morgan fingerprint density at radius 3 is 2.81 bits per heavy atom. The molecule has 5 heteroatoms. The van der Waals surface area contributed by atoms with E-state index < -0.39 is 0 Å². The Morgan fingerprint density at radius 2 is 1.96 bits per heavy atom. The van der Waals surface area contributed by atoms with Crippen LogP contribution in [0.1, 0.15) is 54.5 Å². The smallest absolute Gasteiger partial charge is 0.230 e. The van der Waals surface area contributed by atoms with Crippen molar-refractivity contribution in [3.05, 3.63) is 65.8 Å². The molecule has 1 aliphatic carbocycles. The van der Waals surface area contributed by atoms with E-state index in [2.05, 4.69) is 45.4 Å². The maximum absolute atomic E-state index is 5.59. The molecule has 5 rings (SSSR count). The SMILES string of the molecule is c1cc(CN2CCCCC2)cc(-c2noc([C@@H]3C[C@H]3c3cccnc3)n2)c1. The molecule has 1 aliphatic heterocycles. The van der Waals surface area contributed by atoms with Crippen molar-refractivity contribution in [3.63, 3.8) is 0 Å². The zero-order valence-electron chi connectivity index (χ0n) is 15.4. The fourth-order valence-electron chi connectivity index (χ4n) is 4.12. The molecule has 0 bridgehead atoms. The van der Waals surface area contributed by atoms with Crippen molar-refractivity contribution >= 4 is 0 Å². The van der Waals surface area contributed by atoms with Crippen LogP contribution in [0.25, 0.3) is 11.4 Å². The van der Waals surface area contributed by atoms with Crippen LogP contribution in [0.2, 0.25) is 0 Å². The average molecular weight is 360 g/mol. The highest BCUT2D eigenvalue weighted by Crippen LogP contribution is 2.54. The molecular formula is C22H24N4O. The summed E-state index contributed by atoms with van der Waals surface area (Å²) in [6.07, 6.45) is 8.79. The Kier molecular flexibility index (Phi) is 4.46. The van der Waals surface area contributed by atoms with Crippen LogP contribution in [-0.4, -0.2) is 33.1 Å². The van der Waals surface area contributed by atoms with Crippen molar-refractivity contribution in [1.82, 2.24) is 20.0 Å². The third-order valence-electron chi connectivity index (χ3n) is 5.70. The first-order chi connectivity index (χ1) is 13.4. The van der Waals surface area contributed by atoms with E-state index in [9.17, 15) is 0 Å². The fraction of sp³-hybridized carbons (Fsp3) is 0.409. The van der Waals surface area contributed by atoms with Gasteiger partial charge in [0.05, 0.1) is 0 Å². The summed E-state index contributed by atoms with van der Waals surface area (Å²) in [6, 6.07) is 12.7. The van der Waals surface area contributed by atoms with Gasteiger partial charge in [-0.1, -0.05) is 35.8 Å². The van der Waals surface area contributed by atoms with E-state index in [1.54, 1.807) is 0 Å². The molecule has 0 amide bonds. The van der Waals surface area contributed by atoms with Crippen molar-refractivity contribution in [3.8, 4) is 11.4 Å². The molecule has 0 radical (unpaired) electrons. The van der Waals surface area contributed by atoms with Gasteiger partial charge in [-0.3, -0.25) is 9.88 Å². The fourth-order valence-corrected chi connectivity index (χ4v) is 4.12. The summed E-state index contributed by atoms with van der Waals surface area (Å²) in [5.74, 6) is 2.23. The van der Waals surface area contributed by atoms with E-state index in [4.69, 9.17) is 9.51 Å². The number of aromatic nitrogens is 3. The predicted octanol–water partition coefficient (Wildman–Crippen LogP) is 4.39. The number of likely N-dealkylation sites (tertiary alicyclic amines) is 1. The normalized spacial score (nSPS) is 22.7. The van der Waals surface area contributed by atoms with Gasteiger partial charge in [0, 0.05) is 30.4 Å². The second kappa shape index (κ2) is 7.24. The standard InChI is InChI=1S/C22H24N4O/c1-2-10-26(11-3-1)15-16-6-4-7-17(12-16)21-24-22(27-25-21)20-13-19(20)18-8-5-9-23-14-18/h4-9,12,14,19-20H,1-3,10-11,13,15H2/t19-,20+/m0/s1. The largest absolute Gasteiger partial charge is 0.339 e. The second-order valence-electron chi connectivity index (χ2n) is 7.73. The van der Waals surface area contributed by atoms with E-state index in [0.717, 1.165) is 24.4 Å². The van der Waals surface area contributed by atoms with Crippen molar-refractivity contribution in [2.45, 2.75) is 44.1 Å². The first-order valence-corrected chi connectivity index (χ1v) is 9.92. The molecule has 2 aliphatic rings. The van der Waals surface area contributed by atoms with Crippen molar-refractivity contribution < 1.29 is 4.52 Å². The van der Waals surface area contributed by atoms with Gasteiger partial charge in [-0.05, 0) is 61.5 Å². The summed E-state index contributed by atoms with van der Waals surface area (Å²) < 4.78 is 5.59. The lowest BCUT2D eigenvalue weighted by atomic mass is 10.1. The average Bonchev–Trinajstić information content (AvgIpc) is 3.38. The Morgan fingerprint density at radius 1 is 1.04 bits per heavy atom. The number of nitrogens with zero attached hydrogens (tertiary/aromatic N) is 4. The highest BCUT2D eigenvalue weighted by molar-refractivity contribution is 5.55. The quantitative estimate of drug-likeness (QED) is 0.675. The van der Waals surface area contributed by atoms with Gasteiger partial charge >= 0.3 is 0 Å². The lowest BCUT2D eigenvalue weighted by Gasteiger charge is -2.26. The van der Waals surface area contributed by atoms with Gasteiger partial charge in [-0.25, -0.2) is 0 Å². The van der Waals surface area contributed by atoms with Crippen LogP contribution in [0.15, 0.2) is 53.3 Å². The minimum Gasteiger partial charge on any atom is -0.339 e. The summed E-state index contributed by atoms with van der Waals surface area (Å²) >= 11 is 0. The zero-order valence-corrected chi connectivity index (χ0v) is 15.4. The Labute approximate surface area is 159 Å². The van der Waals surface area contributed by atoms with E-state index in [1.165, 1.54) is 43.5 Å². The molecule has 5 nitrogen and oxygen atoms in total. The van der Waals surface area contributed by atoms with Crippen LogP contribution in [0.3, 0.4) is 0 Å². The van der Waals surface area contributed by atoms with Crippen LogP contribution in [0, 0.1) is 0 Å². The Balaban J connectivity index is 1.29. The summed E-state index contributed by atoms with van der Waals surface area (Å²) in [6.45, 7) is 3.41. The van der Waals surface area contributed by atoms with E-state index in [-0.39, 0.29) is 0 Å². The van der Waals surface area contributed by atoms with Gasteiger partial charge in [0.15, 0.2) is 0 Å². The van der Waals surface area contributed by atoms with Crippen LogP contribution in [-0.2, 0) is 6.54 Å². The van der Waals surface area contributed by atoms with Crippen LogP contribution in [0.5, 0.6) is 0 Å². The van der Waals surface area contributed by atoms with Crippen LogP contribution >= 0.6 is 0 Å². The molecule has 2 atom stereocenters. The molecule has 27 heavy (non-hydrogen) atoms. The first-order valence-electron chi connectivity index (χ1n) is 9.92. The number of benzene rings is 1. The number of pyridine rings is 1. The molecule has 1 saturated heterocycles. The molecule has 0 N–H and O–H groups in total. The van der Waals surface area contributed by atoms with Crippen LogP contribution < -0.4 is 0 Å². The monoisotopic (exact) mass is 360 g/mol. The summed E-state index contributed by atoms with van der Waals surface area (Å²) in [5, 5.41) is 4.25. The molecule has 2 aromatic heterocycles. The molecule has 0 spiro atoms. The molecule has 3 aromatic rings. The molecule has 138 valence electrons. The highest BCUT2D eigenvalue weighted by atomic mass is 16.5. The Bertz CT molecular complexity index is 901. The highest BCUT2D eigenvalue weighted by Gasteiger charge is 2.43. The third-order valence-corrected chi connectivity index (χ3v) is 5.70. The molecule has 0 unspecified atom stereocenters. The van der Waals surface area contributed by atoms with Gasteiger partial charge in [0.2, 0.25) is 11.7 Å². The van der Waals surface area contributed by atoms with Gasteiger partial charge in [-0.2, -0.15) is 4.98 Å². The van der Waals surface area contributed by atoms with Crippen molar-refractivity contribution in [2.75, 3.05) is 13.1 Å². The second-order valence-corrected chi connectivity index (χ2v) is 7.73. The molecule has 3 heterocycles. The number of hydrogen-bond acceptors (Lipinski definition) is 5. The van der Waals surface area contributed by atoms with E-state index in [0.29, 0.717) is 17.7 Å². The van der Waals surface area contributed by atoms with E-state index in [1.807, 2.05) is 18.5 Å². The molecular weight excluding hydrogens is 336 g/mol. The maximum Gasteiger partial charge on any atom is 0.230 e. The Hall–Kier alpha value is -2.53. The topological polar surface area (TPSA) is 55.1 Å². The molecule has 1 saturated carbocycles. The summed E-state index contributed by atoms with van der Waals surface area (Å²) in [4.78, 5) is 11.4. The van der Waals surface area contributed by atoms with Crippen molar-refractivity contribution in [1.29, 1.82) is 0 Å². The number of hydrogen-bond donors (Lipinski definition) is 0. The van der Waals surface area contributed by atoms with Gasteiger partial charge in [0.1, 0.15) is 0 Å². The van der Waals surface area contributed by atoms with Crippen LogP contribution in [0.4, 0.5) is 0 Å². The number of piperidine rings is 1. The van der Waals surface area contributed by atoms with Gasteiger partial charge in [-0.15, -0.1) is 0 Å².